The van der Waals surface area contributed by atoms with Gasteiger partial charge in [-0.05, 0) is 39.2 Å². The molecule has 1 aromatic rings. The molecule has 0 aliphatic heterocycles. The molecular formula is C12H22N2O. The van der Waals surface area contributed by atoms with Gasteiger partial charge in [-0.2, -0.15) is 5.10 Å². The topological polar surface area (TPSA) is 38.0 Å². The molecule has 0 aliphatic carbocycles. The lowest BCUT2D eigenvalue weighted by Gasteiger charge is -2.25. The highest BCUT2D eigenvalue weighted by atomic mass is 16.3. The molecule has 0 spiro atoms. The molecule has 1 heterocycles. The van der Waals surface area contributed by atoms with E-state index in [0.29, 0.717) is 6.54 Å². The standard InChI is InChI=1S/C12H22N2O/c1-6-12(15,7-2)8-14-11(5)9(3)10(4)13-14/h15H,6-8H2,1-5H3. The van der Waals surface area contributed by atoms with Crippen molar-refractivity contribution in [1.82, 2.24) is 9.78 Å². The molecule has 0 radical (unpaired) electrons. The number of hydrogen-bond acceptors (Lipinski definition) is 2. The first-order valence-electron chi connectivity index (χ1n) is 5.66. The van der Waals surface area contributed by atoms with Crippen LogP contribution in [0.15, 0.2) is 0 Å². The number of rotatable bonds is 4. The van der Waals surface area contributed by atoms with Crippen molar-refractivity contribution in [1.29, 1.82) is 0 Å². The molecule has 0 bridgehead atoms. The van der Waals surface area contributed by atoms with Gasteiger partial charge in [0, 0.05) is 5.69 Å². The van der Waals surface area contributed by atoms with Crippen LogP contribution in [0.2, 0.25) is 0 Å². The van der Waals surface area contributed by atoms with Crippen molar-refractivity contribution >= 4 is 0 Å². The van der Waals surface area contributed by atoms with Gasteiger partial charge in [0.1, 0.15) is 0 Å². The van der Waals surface area contributed by atoms with E-state index in [0.717, 1.165) is 24.2 Å². The first-order valence-corrected chi connectivity index (χ1v) is 5.66. The average Bonchev–Trinajstić information content (AvgIpc) is 2.46. The zero-order valence-corrected chi connectivity index (χ0v) is 10.5. The monoisotopic (exact) mass is 210 g/mol. The average molecular weight is 210 g/mol. The third kappa shape index (κ3) is 2.40. The van der Waals surface area contributed by atoms with Crippen molar-refractivity contribution in [3.8, 4) is 0 Å². The van der Waals surface area contributed by atoms with E-state index in [1.807, 2.05) is 25.5 Å². The van der Waals surface area contributed by atoms with Crippen molar-refractivity contribution in [2.75, 3.05) is 0 Å². The molecule has 1 aromatic heterocycles. The Kier molecular flexibility index (Phi) is 3.55. The molecule has 0 saturated carbocycles. The highest BCUT2D eigenvalue weighted by Gasteiger charge is 2.24. The van der Waals surface area contributed by atoms with E-state index in [9.17, 15) is 5.11 Å². The summed E-state index contributed by atoms with van der Waals surface area (Å²) in [7, 11) is 0. The molecule has 0 amide bonds. The van der Waals surface area contributed by atoms with Crippen LogP contribution >= 0.6 is 0 Å². The van der Waals surface area contributed by atoms with E-state index in [2.05, 4.69) is 18.9 Å². The molecule has 0 fully saturated rings. The van der Waals surface area contributed by atoms with E-state index in [1.54, 1.807) is 0 Å². The number of nitrogens with zero attached hydrogens (tertiary/aromatic N) is 2. The van der Waals surface area contributed by atoms with E-state index in [4.69, 9.17) is 0 Å². The first kappa shape index (κ1) is 12.2. The lowest BCUT2D eigenvalue weighted by Crippen LogP contribution is -2.33. The maximum atomic E-state index is 10.2. The fourth-order valence-corrected chi connectivity index (χ4v) is 1.69. The Morgan fingerprint density at radius 2 is 1.73 bits per heavy atom. The minimum absolute atomic E-state index is 0.598. The highest BCUT2D eigenvalue weighted by Crippen LogP contribution is 2.20. The van der Waals surface area contributed by atoms with Crippen LogP contribution < -0.4 is 0 Å². The second-order valence-electron chi connectivity index (χ2n) is 4.38. The lowest BCUT2D eigenvalue weighted by atomic mass is 9.97. The molecule has 1 rings (SSSR count). The summed E-state index contributed by atoms with van der Waals surface area (Å²) < 4.78 is 1.93. The summed E-state index contributed by atoms with van der Waals surface area (Å²) in [4.78, 5) is 0. The van der Waals surface area contributed by atoms with Crippen LogP contribution in [0.3, 0.4) is 0 Å². The van der Waals surface area contributed by atoms with Crippen LogP contribution in [0, 0.1) is 20.8 Å². The van der Waals surface area contributed by atoms with E-state index < -0.39 is 5.60 Å². The quantitative estimate of drug-likeness (QED) is 0.828. The SMILES string of the molecule is CCC(O)(CC)Cn1nc(C)c(C)c1C. The molecule has 0 unspecified atom stereocenters. The second kappa shape index (κ2) is 4.35. The number of hydrogen-bond donors (Lipinski definition) is 1. The van der Waals surface area contributed by atoms with Gasteiger partial charge >= 0.3 is 0 Å². The zero-order valence-electron chi connectivity index (χ0n) is 10.5. The molecular weight excluding hydrogens is 188 g/mol. The molecule has 0 aliphatic rings. The van der Waals surface area contributed by atoms with Crippen molar-refractivity contribution in [3.63, 3.8) is 0 Å². The molecule has 0 aromatic carbocycles. The smallest absolute Gasteiger partial charge is 0.0837 e. The van der Waals surface area contributed by atoms with Crippen molar-refractivity contribution in [2.45, 2.75) is 59.6 Å². The largest absolute Gasteiger partial charge is 0.388 e. The van der Waals surface area contributed by atoms with Gasteiger partial charge in [-0.1, -0.05) is 13.8 Å². The molecule has 1 N–H and O–H groups in total. The fourth-order valence-electron chi connectivity index (χ4n) is 1.69. The second-order valence-corrected chi connectivity index (χ2v) is 4.38. The third-order valence-electron chi connectivity index (χ3n) is 3.50. The summed E-state index contributed by atoms with van der Waals surface area (Å²) in [6.07, 6.45) is 1.53. The van der Waals surface area contributed by atoms with Gasteiger partial charge in [-0.3, -0.25) is 4.68 Å². The number of aromatic nitrogens is 2. The predicted molar refractivity (Wildman–Crippen MR) is 62.0 cm³/mol. The summed E-state index contributed by atoms with van der Waals surface area (Å²) >= 11 is 0. The molecule has 86 valence electrons. The van der Waals surface area contributed by atoms with Crippen LogP contribution in [0.5, 0.6) is 0 Å². The van der Waals surface area contributed by atoms with Gasteiger partial charge in [0.05, 0.1) is 17.8 Å². The minimum Gasteiger partial charge on any atom is -0.388 e. The van der Waals surface area contributed by atoms with E-state index in [-0.39, 0.29) is 0 Å². The Labute approximate surface area is 92.1 Å². The fraction of sp³-hybridized carbons (Fsp3) is 0.750. The van der Waals surface area contributed by atoms with Crippen molar-refractivity contribution < 1.29 is 5.11 Å². The van der Waals surface area contributed by atoms with Crippen LogP contribution in [-0.4, -0.2) is 20.5 Å². The molecule has 3 nitrogen and oxygen atoms in total. The normalized spacial score (nSPS) is 12.1. The van der Waals surface area contributed by atoms with Gasteiger partial charge in [0.15, 0.2) is 0 Å². The Hall–Kier alpha value is -0.830. The van der Waals surface area contributed by atoms with Crippen LogP contribution in [-0.2, 0) is 6.54 Å². The molecule has 0 saturated heterocycles. The lowest BCUT2D eigenvalue weighted by molar-refractivity contribution is 0.0112. The Morgan fingerprint density at radius 3 is 2.07 bits per heavy atom. The summed E-state index contributed by atoms with van der Waals surface area (Å²) in [6.45, 7) is 10.8. The summed E-state index contributed by atoms with van der Waals surface area (Å²) in [5, 5.41) is 14.7. The van der Waals surface area contributed by atoms with E-state index >= 15 is 0 Å². The predicted octanol–water partition coefficient (Wildman–Crippen LogP) is 2.36. The zero-order chi connectivity index (χ0) is 11.6. The summed E-state index contributed by atoms with van der Waals surface area (Å²) in [6, 6.07) is 0. The summed E-state index contributed by atoms with van der Waals surface area (Å²) in [5.41, 5.74) is 2.83. The molecule has 3 heteroatoms. The Balaban J connectivity index is 2.94. The molecule has 0 atom stereocenters. The van der Waals surface area contributed by atoms with Crippen molar-refractivity contribution in [2.24, 2.45) is 0 Å². The van der Waals surface area contributed by atoms with Crippen LogP contribution in [0.25, 0.3) is 0 Å². The van der Waals surface area contributed by atoms with Gasteiger partial charge in [0.25, 0.3) is 0 Å². The summed E-state index contributed by atoms with van der Waals surface area (Å²) in [5.74, 6) is 0. The number of aryl methyl sites for hydroxylation is 1. The first-order chi connectivity index (χ1) is 6.93. The molecule has 15 heavy (non-hydrogen) atoms. The van der Waals surface area contributed by atoms with Gasteiger partial charge < -0.3 is 5.11 Å². The van der Waals surface area contributed by atoms with Gasteiger partial charge in [0.2, 0.25) is 0 Å². The third-order valence-corrected chi connectivity index (χ3v) is 3.50. The van der Waals surface area contributed by atoms with Gasteiger partial charge in [-0.25, -0.2) is 0 Å². The number of aliphatic hydroxyl groups is 1. The van der Waals surface area contributed by atoms with Crippen LogP contribution in [0.4, 0.5) is 0 Å². The Bertz CT molecular complexity index is 338. The Morgan fingerprint density at radius 1 is 1.20 bits per heavy atom. The highest BCUT2D eigenvalue weighted by molar-refractivity contribution is 5.22. The van der Waals surface area contributed by atoms with Gasteiger partial charge in [-0.15, -0.1) is 0 Å². The van der Waals surface area contributed by atoms with Crippen molar-refractivity contribution in [3.05, 3.63) is 17.0 Å². The minimum atomic E-state index is -0.615. The van der Waals surface area contributed by atoms with E-state index in [1.165, 1.54) is 5.56 Å². The van der Waals surface area contributed by atoms with Crippen LogP contribution in [0.1, 0.15) is 43.6 Å². The maximum Gasteiger partial charge on any atom is 0.0837 e. The maximum absolute atomic E-state index is 10.2.